The normalized spacial score (nSPS) is 15.7. The fourth-order valence-electron chi connectivity index (χ4n) is 3.43. The highest BCUT2D eigenvalue weighted by molar-refractivity contribution is 9.10. The van der Waals surface area contributed by atoms with Crippen LogP contribution in [0, 0.1) is 11.3 Å². The Balaban J connectivity index is 1.99. The second-order valence-corrected chi connectivity index (χ2v) is 7.05. The quantitative estimate of drug-likeness (QED) is 0.568. The summed E-state index contributed by atoms with van der Waals surface area (Å²) in [6.07, 6.45) is 0. The Morgan fingerprint density at radius 2 is 2.00 bits per heavy atom. The van der Waals surface area contributed by atoms with Crippen molar-refractivity contribution in [1.29, 1.82) is 5.26 Å². The summed E-state index contributed by atoms with van der Waals surface area (Å²) in [6.45, 7) is 0. The minimum atomic E-state index is -0.459. The molecule has 1 unspecified atom stereocenters. The Labute approximate surface area is 168 Å². The van der Waals surface area contributed by atoms with E-state index in [1.54, 1.807) is 20.3 Å². The fourth-order valence-corrected chi connectivity index (χ4v) is 4.05. The number of aromatic nitrogens is 2. The molecule has 142 valence electrons. The molecule has 2 aromatic carbocycles. The molecule has 1 aromatic heterocycles. The number of H-pyrrole nitrogens is 1. The van der Waals surface area contributed by atoms with Crippen molar-refractivity contribution in [2.24, 2.45) is 5.73 Å². The third kappa shape index (κ3) is 2.70. The summed E-state index contributed by atoms with van der Waals surface area (Å²) >= 11 is 3.51. The Hall–Kier alpha value is -3.38. The molecule has 0 fully saturated rings. The average molecular weight is 442 g/mol. The van der Waals surface area contributed by atoms with E-state index in [-0.39, 0.29) is 5.88 Å². The molecule has 5 N–H and O–H groups in total. The van der Waals surface area contributed by atoms with E-state index in [1.165, 1.54) is 0 Å². The van der Waals surface area contributed by atoms with E-state index in [2.05, 4.69) is 32.0 Å². The number of rotatable bonds is 3. The maximum Gasteiger partial charge on any atom is 0.205 e. The van der Waals surface area contributed by atoms with E-state index in [0.29, 0.717) is 38.8 Å². The van der Waals surface area contributed by atoms with Crippen LogP contribution in [-0.4, -0.2) is 24.2 Å². The molecule has 1 atom stereocenters. The standard InChI is InChI=1S/C19H16BrN5O3/c1-26-15-4-8(3-11(20)17(15)27-2)16-9-5-12-13(25-19(23)24-12)6-14(9)28-18(22)10(16)7-21/h3-6,16H,22H2,1-2H3,(H3,23,24,25). The Morgan fingerprint density at radius 3 is 2.68 bits per heavy atom. The van der Waals surface area contributed by atoms with E-state index >= 15 is 0 Å². The van der Waals surface area contributed by atoms with Crippen LogP contribution in [0.5, 0.6) is 17.2 Å². The van der Waals surface area contributed by atoms with E-state index in [9.17, 15) is 5.26 Å². The molecule has 0 amide bonds. The van der Waals surface area contributed by atoms with Gasteiger partial charge in [-0.1, -0.05) is 0 Å². The predicted molar refractivity (Wildman–Crippen MR) is 107 cm³/mol. The van der Waals surface area contributed by atoms with Crippen LogP contribution >= 0.6 is 15.9 Å². The molecule has 8 nitrogen and oxygen atoms in total. The topological polar surface area (TPSA) is 132 Å². The molecule has 2 heterocycles. The summed E-state index contributed by atoms with van der Waals surface area (Å²) in [4.78, 5) is 7.23. The lowest BCUT2D eigenvalue weighted by molar-refractivity contribution is 0.352. The zero-order chi connectivity index (χ0) is 20.0. The minimum absolute atomic E-state index is 0.0498. The molecular weight excluding hydrogens is 426 g/mol. The van der Waals surface area contributed by atoms with Crippen molar-refractivity contribution in [1.82, 2.24) is 9.97 Å². The number of nitrogens with two attached hydrogens (primary N) is 2. The number of methoxy groups -OCH3 is 2. The first-order chi connectivity index (χ1) is 13.5. The molecule has 0 bridgehead atoms. The van der Waals surface area contributed by atoms with Crippen molar-refractivity contribution in [3.63, 3.8) is 0 Å². The second kappa shape index (κ2) is 6.65. The fraction of sp³-hybridized carbons (Fsp3) is 0.158. The lowest BCUT2D eigenvalue weighted by Crippen LogP contribution is -2.21. The minimum Gasteiger partial charge on any atom is -0.493 e. The van der Waals surface area contributed by atoms with Gasteiger partial charge in [-0.15, -0.1) is 0 Å². The average Bonchev–Trinajstić information content (AvgIpc) is 3.03. The highest BCUT2D eigenvalue weighted by atomic mass is 79.9. The van der Waals surface area contributed by atoms with Gasteiger partial charge < -0.3 is 30.7 Å². The molecule has 0 saturated heterocycles. The van der Waals surface area contributed by atoms with E-state index in [4.69, 9.17) is 25.7 Å². The van der Waals surface area contributed by atoms with Crippen LogP contribution in [0.15, 0.2) is 40.2 Å². The number of nitrogen functional groups attached to an aromatic ring is 1. The third-order valence-electron chi connectivity index (χ3n) is 4.63. The number of hydrogen-bond donors (Lipinski definition) is 3. The first-order valence-corrected chi connectivity index (χ1v) is 9.04. The lowest BCUT2D eigenvalue weighted by atomic mass is 9.83. The Morgan fingerprint density at radius 1 is 1.21 bits per heavy atom. The number of imidazole rings is 1. The van der Waals surface area contributed by atoms with Crippen molar-refractivity contribution in [2.75, 3.05) is 20.0 Å². The number of nitriles is 1. The maximum atomic E-state index is 9.76. The molecule has 0 radical (unpaired) electrons. The molecule has 1 aliphatic heterocycles. The first kappa shape index (κ1) is 18.0. The molecule has 3 aromatic rings. The van der Waals surface area contributed by atoms with Crippen molar-refractivity contribution in [3.05, 3.63) is 51.3 Å². The van der Waals surface area contributed by atoms with Gasteiger partial charge in [-0.25, -0.2) is 4.98 Å². The van der Waals surface area contributed by atoms with Crippen LogP contribution in [0.3, 0.4) is 0 Å². The number of nitrogens with one attached hydrogen (secondary N) is 1. The van der Waals surface area contributed by atoms with Gasteiger partial charge in [0.25, 0.3) is 0 Å². The number of nitrogens with zero attached hydrogens (tertiary/aromatic N) is 2. The van der Waals surface area contributed by atoms with Crippen LogP contribution in [0.1, 0.15) is 17.0 Å². The lowest BCUT2D eigenvalue weighted by Gasteiger charge is -2.27. The van der Waals surface area contributed by atoms with Gasteiger partial charge in [0.15, 0.2) is 17.4 Å². The first-order valence-electron chi connectivity index (χ1n) is 8.25. The van der Waals surface area contributed by atoms with Crippen LogP contribution in [0.4, 0.5) is 5.95 Å². The molecule has 28 heavy (non-hydrogen) atoms. The molecule has 0 aliphatic carbocycles. The maximum absolute atomic E-state index is 9.76. The highest BCUT2D eigenvalue weighted by Crippen LogP contribution is 2.47. The van der Waals surface area contributed by atoms with Gasteiger partial charge >= 0.3 is 0 Å². The molecule has 1 aliphatic rings. The number of aromatic amines is 1. The summed E-state index contributed by atoms with van der Waals surface area (Å²) in [5, 5.41) is 9.76. The van der Waals surface area contributed by atoms with Crippen LogP contribution in [-0.2, 0) is 0 Å². The van der Waals surface area contributed by atoms with Crippen molar-refractivity contribution < 1.29 is 14.2 Å². The number of allylic oxidation sites excluding steroid dienone is 1. The number of fused-ring (bicyclic) bond motifs is 2. The highest BCUT2D eigenvalue weighted by Gasteiger charge is 2.32. The molecule has 9 heteroatoms. The van der Waals surface area contributed by atoms with Gasteiger partial charge in [-0.2, -0.15) is 5.26 Å². The van der Waals surface area contributed by atoms with Gasteiger partial charge in [-0.3, -0.25) is 0 Å². The van der Waals surface area contributed by atoms with Gasteiger partial charge in [0.1, 0.15) is 17.4 Å². The Kier molecular flexibility index (Phi) is 4.28. The zero-order valence-electron chi connectivity index (χ0n) is 15.0. The van der Waals surface area contributed by atoms with Gasteiger partial charge in [-0.05, 0) is 39.7 Å². The molecule has 0 saturated carbocycles. The van der Waals surface area contributed by atoms with E-state index < -0.39 is 5.92 Å². The van der Waals surface area contributed by atoms with E-state index in [0.717, 1.165) is 16.6 Å². The van der Waals surface area contributed by atoms with E-state index in [1.807, 2.05) is 18.2 Å². The molecule has 0 spiro atoms. The summed E-state index contributed by atoms with van der Waals surface area (Å²) in [5.74, 6) is 1.50. The van der Waals surface area contributed by atoms with Gasteiger partial charge in [0.2, 0.25) is 5.88 Å². The van der Waals surface area contributed by atoms with Gasteiger partial charge in [0, 0.05) is 11.6 Å². The number of anilines is 1. The predicted octanol–water partition coefficient (Wildman–Crippen LogP) is 3.14. The van der Waals surface area contributed by atoms with Crippen LogP contribution in [0.2, 0.25) is 0 Å². The van der Waals surface area contributed by atoms with Crippen LogP contribution in [0.25, 0.3) is 11.0 Å². The van der Waals surface area contributed by atoms with Crippen molar-refractivity contribution >= 4 is 32.9 Å². The molecular formula is C19H16BrN5O3. The number of benzene rings is 2. The SMILES string of the molecule is COc1cc(C2C(C#N)=C(N)Oc3cc4nc(N)[nH]c4cc32)cc(Br)c1OC. The summed E-state index contributed by atoms with van der Waals surface area (Å²) in [5.41, 5.74) is 15.1. The van der Waals surface area contributed by atoms with Crippen molar-refractivity contribution in [3.8, 4) is 23.3 Å². The zero-order valence-corrected chi connectivity index (χ0v) is 16.6. The second-order valence-electron chi connectivity index (χ2n) is 6.19. The summed E-state index contributed by atoms with van der Waals surface area (Å²) < 4.78 is 17.2. The largest absolute Gasteiger partial charge is 0.493 e. The monoisotopic (exact) mass is 441 g/mol. The van der Waals surface area contributed by atoms with Crippen LogP contribution < -0.4 is 25.7 Å². The van der Waals surface area contributed by atoms with Gasteiger partial charge in [0.05, 0.1) is 35.6 Å². The number of halogens is 1. The smallest absolute Gasteiger partial charge is 0.205 e. The Bertz CT molecular complexity index is 1180. The number of ether oxygens (including phenoxy) is 3. The summed E-state index contributed by atoms with van der Waals surface area (Å²) in [6, 6.07) is 9.48. The molecule has 4 rings (SSSR count). The third-order valence-corrected chi connectivity index (χ3v) is 5.22. The number of hydrogen-bond acceptors (Lipinski definition) is 7. The van der Waals surface area contributed by atoms with Crippen molar-refractivity contribution in [2.45, 2.75) is 5.92 Å². The summed E-state index contributed by atoms with van der Waals surface area (Å²) in [7, 11) is 3.11.